The molecular formula is C13H22N2O. The monoisotopic (exact) mass is 222 g/mol. The molecule has 3 nitrogen and oxygen atoms in total. The third-order valence-corrected chi connectivity index (χ3v) is 2.49. The number of rotatable bonds is 6. The summed E-state index contributed by atoms with van der Waals surface area (Å²) in [5.41, 5.74) is 1.19. The van der Waals surface area contributed by atoms with Gasteiger partial charge in [-0.05, 0) is 24.8 Å². The maximum Gasteiger partial charge on any atom is 0.212 e. The zero-order valence-electron chi connectivity index (χ0n) is 10.7. The van der Waals surface area contributed by atoms with Gasteiger partial charge in [-0.15, -0.1) is 0 Å². The molecule has 1 N–H and O–H groups in total. The van der Waals surface area contributed by atoms with Crippen LogP contribution in [-0.2, 0) is 6.54 Å². The molecule has 0 saturated carbocycles. The van der Waals surface area contributed by atoms with Crippen LogP contribution in [0.2, 0.25) is 0 Å². The molecular weight excluding hydrogens is 200 g/mol. The number of hydrogen-bond donors (Lipinski definition) is 1. The molecule has 0 amide bonds. The Kier molecular flexibility index (Phi) is 5.26. The summed E-state index contributed by atoms with van der Waals surface area (Å²) in [4.78, 5) is 4.17. The Hall–Kier alpha value is -1.09. The fourth-order valence-corrected chi connectivity index (χ4v) is 1.72. The highest BCUT2D eigenvalue weighted by Gasteiger charge is 2.04. The second kappa shape index (κ2) is 6.48. The standard InChI is InChI=1S/C13H22N2O/c1-10(2)7-11(3)14-8-12-5-6-13(16-4)15-9-12/h5-6,9-11,14H,7-8H2,1-4H3. The Morgan fingerprint density at radius 3 is 2.56 bits per heavy atom. The Morgan fingerprint density at radius 1 is 1.31 bits per heavy atom. The van der Waals surface area contributed by atoms with Gasteiger partial charge in [-0.25, -0.2) is 4.98 Å². The first-order valence-corrected chi connectivity index (χ1v) is 5.84. The fourth-order valence-electron chi connectivity index (χ4n) is 1.72. The molecule has 0 aliphatic carbocycles. The van der Waals surface area contributed by atoms with Crippen LogP contribution in [-0.4, -0.2) is 18.1 Å². The van der Waals surface area contributed by atoms with Gasteiger partial charge in [-0.2, -0.15) is 0 Å². The Balaban J connectivity index is 2.36. The lowest BCUT2D eigenvalue weighted by Crippen LogP contribution is -2.26. The largest absolute Gasteiger partial charge is 0.481 e. The summed E-state index contributed by atoms with van der Waals surface area (Å²) in [6.07, 6.45) is 3.05. The van der Waals surface area contributed by atoms with Crippen molar-refractivity contribution in [1.82, 2.24) is 10.3 Å². The molecule has 0 spiro atoms. The summed E-state index contributed by atoms with van der Waals surface area (Å²) in [6, 6.07) is 4.48. The minimum Gasteiger partial charge on any atom is -0.481 e. The number of nitrogens with one attached hydrogen (secondary N) is 1. The molecule has 0 radical (unpaired) electrons. The molecule has 16 heavy (non-hydrogen) atoms. The first-order valence-electron chi connectivity index (χ1n) is 5.84. The highest BCUT2D eigenvalue weighted by molar-refractivity contribution is 5.17. The van der Waals surface area contributed by atoms with Crippen molar-refractivity contribution in [1.29, 1.82) is 0 Å². The van der Waals surface area contributed by atoms with Crippen molar-refractivity contribution in [2.75, 3.05) is 7.11 Å². The van der Waals surface area contributed by atoms with E-state index in [0.29, 0.717) is 11.9 Å². The SMILES string of the molecule is COc1ccc(CNC(C)CC(C)C)cn1. The first kappa shape index (κ1) is 13.0. The number of ether oxygens (including phenoxy) is 1. The second-order valence-electron chi connectivity index (χ2n) is 4.62. The van der Waals surface area contributed by atoms with Gasteiger partial charge in [0.15, 0.2) is 0 Å². The lowest BCUT2D eigenvalue weighted by atomic mass is 10.1. The van der Waals surface area contributed by atoms with Gasteiger partial charge < -0.3 is 10.1 Å². The molecule has 1 rings (SSSR count). The van der Waals surface area contributed by atoms with Crippen molar-refractivity contribution in [3.8, 4) is 5.88 Å². The van der Waals surface area contributed by atoms with Gasteiger partial charge in [0.05, 0.1) is 7.11 Å². The van der Waals surface area contributed by atoms with Crippen LogP contribution in [0.15, 0.2) is 18.3 Å². The predicted octanol–water partition coefficient (Wildman–Crippen LogP) is 2.61. The molecule has 1 atom stereocenters. The molecule has 1 heterocycles. The van der Waals surface area contributed by atoms with Crippen molar-refractivity contribution in [2.24, 2.45) is 5.92 Å². The van der Waals surface area contributed by atoms with Crippen LogP contribution in [0.25, 0.3) is 0 Å². The molecule has 0 aliphatic rings. The molecule has 1 unspecified atom stereocenters. The molecule has 1 aromatic heterocycles. The highest BCUT2D eigenvalue weighted by Crippen LogP contribution is 2.08. The van der Waals surface area contributed by atoms with Crippen molar-refractivity contribution >= 4 is 0 Å². The van der Waals surface area contributed by atoms with E-state index in [1.807, 2.05) is 18.3 Å². The summed E-state index contributed by atoms with van der Waals surface area (Å²) in [7, 11) is 1.63. The van der Waals surface area contributed by atoms with E-state index < -0.39 is 0 Å². The molecule has 0 saturated heterocycles. The Labute approximate surface area is 98.2 Å². The molecule has 0 aromatic carbocycles. The van der Waals surface area contributed by atoms with Gasteiger partial charge in [0.25, 0.3) is 0 Å². The van der Waals surface area contributed by atoms with Crippen LogP contribution in [0.3, 0.4) is 0 Å². The number of methoxy groups -OCH3 is 1. The number of hydrogen-bond acceptors (Lipinski definition) is 3. The number of aromatic nitrogens is 1. The summed E-state index contributed by atoms with van der Waals surface area (Å²) in [5.74, 6) is 1.40. The van der Waals surface area contributed by atoms with Crippen LogP contribution < -0.4 is 10.1 Å². The van der Waals surface area contributed by atoms with E-state index >= 15 is 0 Å². The van der Waals surface area contributed by atoms with E-state index in [2.05, 4.69) is 31.1 Å². The predicted molar refractivity (Wildman–Crippen MR) is 66.5 cm³/mol. The van der Waals surface area contributed by atoms with Crippen LogP contribution in [0.1, 0.15) is 32.8 Å². The summed E-state index contributed by atoms with van der Waals surface area (Å²) in [6.45, 7) is 7.57. The van der Waals surface area contributed by atoms with E-state index in [4.69, 9.17) is 4.74 Å². The van der Waals surface area contributed by atoms with E-state index in [1.165, 1.54) is 12.0 Å². The van der Waals surface area contributed by atoms with Crippen molar-refractivity contribution in [3.05, 3.63) is 23.9 Å². The number of pyridine rings is 1. The van der Waals surface area contributed by atoms with Crippen LogP contribution in [0.4, 0.5) is 0 Å². The van der Waals surface area contributed by atoms with Gasteiger partial charge >= 0.3 is 0 Å². The van der Waals surface area contributed by atoms with Gasteiger partial charge in [0.2, 0.25) is 5.88 Å². The Morgan fingerprint density at radius 2 is 2.06 bits per heavy atom. The quantitative estimate of drug-likeness (QED) is 0.803. The summed E-state index contributed by atoms with van der Waals surface area (Å²) < 4.78 is 5.02. The van der Waals surface area contributed by atoms with Gasteiger partial charge in [-0.1, -0.05) is 19.9 Å². The molecule has 0 fully saturated rings. The van der Waals surface area contributed by atoms with Gasteiger partial charge in [-0.3, -0.25) is 0 Å². The van der Waals surface area contributed by atoms with Gasteiger partial charge in [0, 0.05) is 24.8 Å². The zero-order chi connectivity index (χ0) is 12.0. The van der Waals surface area contributed by atoms with E-state index in [-0.39, 0.29) is 0 Å². The van der Waals surface area contributed by atoms with Crippen LogP contribution in [0.5, 0.6) is 5.88 Å². The average Bonchev–Trinajstić information content (AvgIpc) is 2.26. The topological polar surface area (TPSA) is 34.1 Å². The maximum absolute atomic E-state index is 5.02. The lowest BCUT2D eigenvalue weighted by Gasteiger charge is -2.15. The third kappa shape index (κ3) is 4.62. The normalized spacial score (nSPS) is 12.8. The second-order valence-corrected chi connectivity index (χ2v) is 4.62. The fraction of sp³-hybridized carbons (Fsp3) is 0.615. The molecule has 3 heteroatoms. The maximum atomic E-state index is 5.02. The highest BCUT2D eigenvalue weighted by atomic mass is 16.5. The van der Waals surface area contributed by atoms with E-state index in [1.54, 1.807) is 7.11 Å². The first-order chi connectivity index (χ1) is 7.61. The molecule has 0 aliphatic heterocycles. The summed E-state index contributed by atoms with van der Waals surface area (Å²) >= 11 is 0. The number of nitrogens with zero attached hydrogens (tertiary/aromatic N) is 1. The van der Waals surface area contributed by atoms with Crippen molar-refractivity contribution < 1.29 is 4.74 Å². The minimum absolute atomic E-state index is 0.544. The molecule has 1 aromatic rings. The Bertz CT molecular complexity index is 295. The van der Waals surface area contributed by atoms with Gasteiger partial charge in [0.1, 0.15) is 0 Å². The van der Waals surface area contributed by atoms with E-state index in [9.17, 15) is 0 Å². The van der Waals surface area contributed by atoms with Crippen molar-refractivity contribution in [2.45, 2.75) is 39.8 Å². The average molecular weight is 222 g/mol. The molecule has 90 valence electrons. The minimum atomic E-state index is 0.544. The van der Waals surface area contributed by atoms with Crippen LogP contribution >= 0.6 is 0 Å². The smallest absolute Gasteiger partial charge is 0.212 e. The van der Waals surface area contributed by atoms with E-state index in [0.717, 1.165) is 12.5 Å². The van der Waals surface area contributed by atoms with Crippen molar-refractivity contribution in [3.63, 3.8) is 0 Å². The third-order valence-electron chi connectivity index (χ3n) is 2.49. The molecule has 0 bridgehead atoms. The lowest BCUT2D eigenvalue weighted by molar-refractivity contribution is 0.397. The van der Waals surface area contributed by atoms with Crippen LogP contribution in [0, 0.1) is 5.92 Å². The summed E-state index contributed by atoms with van der Waals surface area (Å²) in [5, 5.41) is 3.49. The zero-order valence-corrected chi connectivity index (χ0v) is 10.7.